The van der Waals surface area contributed by atoms with E-state index in [0.717, 1.165) is 12.8 Å². The highest BCUT2D eigenvalue weighted by Gasteiger charge is 2.14. The predicted molar refractivity (Wildman–Crippen MR) is 81.3 cm³/mol. The molecule has 5 nitrogen and oxygen atoms in total. The molecule has 0 radical (unpaired) electrons. The Morgan fingerprint density at radius 3 is 2.80 bits per heavy atom. The van der Waals surface area contributed by atoms with E-state index in [0.29, 0.717) is 15.7 Å². The molecule has 3 N–H and O–H groups in total. The number of nitrogens with one attached hydrogen (secondary N) is 1. The van der Waals surface area contributed by atoms with Crippen LogP contribution >= 0.6 is 15.9 Å². The number of benzene rings is 1. The number of halogens is 1. The zero-order valence-electron chi connectivity index (χ0n) is 11.6. The van der Waals surface area contributed by atoms with E-state index in [1.165, 1.54) is 6.07 Å². The second-order valence-electron chi connectivity index (χ2n) is 4.57. The first-order chi connectivity index (χ1) is 9.43. The van der Waals surface area contributed by atoms with Gasteiger partial charge in [0.05, 0.1) is 5.56 Å². The topological polar surface area (TPSA) is 81.4 Å². The van der Waals surface area contributed by atoms with Gasteiger partial charge in [-0.3, -0.25) is 4.79 Å². The second kappa shape index (κ2) is 7.89. The van der Waals surface area contributed by atoms with Crippen molar-refractivity contribution in [1.29, 1.82) is 0 Å². The molecule has 1 aromatic carbocycles. The van der Waals surface area contributed by atoms with E-state index in [1.54, 1.807) is 12.1 Å². The molecule has 0 saturated heterocycles. The van der Waals surface area contributed by atoms with Crippen LogP contribution in [0, 0.1) is 0 Å². The summed E-state index contributed by atoms with van der Waals surface area (Å²) in [6, 6.07) is 4.91. The summed E-state index contributed by atoms with van der Waals surface area (Å²) in [5, 5.41) is 2.76. The van der Waals surface area contributed by atoms with Crippen LogP contribution in [-0.4, -0.2) is 24.5 Å². The lowest BCUT2D eigenvalue weighted by Crippen LogP contribution is -2.35. The number of ether oxygens (including phenoxy) is 1. The highest BCUT2D eigenvalue weighted by atomic mass is 79.9. The Kier molecular flexibility index (Phi) is 6.51. The number of amides is 1. The molecule has 0 aliphatic rings. The van der Waals surface area contributed by atoms with Gasteiger partial charge < -0.3 is 15.8 Å². The molecule has 0 saturated carbocycles. The SMILES string of the molecule is CCCC(C)NC(=O)COC(=O)c1cc(N)ccc1Br. The van der Waals surface area contributed by atoms with Crippen molar-refractivity contribution in [2.24, 2.45) is 0 Å². The summed E-state index contributed by atoms with van der Waals surface area (Å²) in [6.45, 7) is 3.66. The lowest BCUT2D eigenvalue weighted by atomic mass is 10.2. The summed E-state index contributed by atoms with van der Waals surface area (Å²) in [4.78, 5) is 23.4. The fourth-order valence-corrected chi connectivity index (χ4v) is 2.14. The monoisotopic (exact) mass is 342 g/mol. The molecule has 0 fully saturated rings. The van der Waals surface area contributed by atoms with Gasteiger partial charge in [-0.05, 0) is 47.5 Å². The normalized spacial score (nSPS) is 11.8. The van der Waals surface area contributed by atoms with Crippen LogP contribution in [0.5, 0.6) is 0 Å². The molecule has 20 heavy (non-hydrogen) atoms. The molecule has 0 heterocycles. The summed E-state index contributed by atoms with van der Waals surface area (Å²) in [5.74, 6) is -0.887. The number of hydrogen-bond acceptors (Lipinski definition) is 4. The van der Waals surface area contributed by atoms with Crippen LogP contribution in [0.3, 0.4) is 0 Å². The minimum absolute atomic E-state index is 0.0744. The van der Waals surface area contributed by atoms with E-state index in [2.05, 4.69) is 21.2 Å². The van der Waals surface area contributed by atoms with Gasteiger partial charge >= 0.3 is 5.97 Å². The number of hydrogen-bond donors (Lipinski definition) is 2. The molecule has 0 aliphatic heterocycles. The zero-order chi connectivity index (χ0) is 15.1. The van der Waals surface area contributed by atoms with Crippen LogP contribution in [0.4, 0.5) is 5.69 Å². The van der Waals surface area contributed by atoms with Gasteiger partial charge in [-0.2, -0.15) is 0 Å². The van der Waals surface area contributed by atoms with Crippen molar-refractivity contribution in [1.82, 2.24) is 5.32 Å². The number of esters is 1. The van der Waals surface area contributed by atoms with Gasteiger partial charge in [0, 0.05) is 16.2 Å². The number of anilines is 1. The number of nitrogens with two attached hydrogens (primary N) is 1. The highest BCUT2D eigenvalue weighted by molar-refractivity contribution is 9.10. The maximum atomic E-state index is 11.8. The van der Waals surface area contributed by atoms with Crippen molar-refractivity contribution in [3.63, 3.8) is 0 Å². The molecule has 1 aromatic rings. The van der Waals surface area contributed by atoms with E-state index in [9.17, 15) is 9.59 Å². The number of rotatable bonds is 6. The first-order valence-corrected chi connectivity index (χ1v) is 7.24. The third kappa shape index (κ3) is 5.21. The van der Waals surface area contributed by atoms with Crippen molar-refractivity contribution in [2.75, 3.05) is 12.3 Å². The maximum Gasteiger partial charge on any atom is 0.339 e. The van der Waals surface area contributed by atoms with Gasteiger partial charge in [0.2, 0.25) is 0 Å². The molecule has 0 spiro atoms. The number of carbonyl (C=O) groups is 2. The standard InChI is InChI=1S/C14H19BrN2O3/c1-3-4-9(2)17-13(18)8-20-14(19)11-7-10(16)5-6-12(11)15/h5-7,9H,3-4,8,16H2,1-2H3,(H,17,18). The van der Waals surface area contributed by atoms with E-state index in [1.807, 2.05) is 13.8 Å². The fraction of sp³-hybridized carbons (Fsp3) is 0.429. The lowest BCUT2D eigenvalue weighted by molar-refractivity contribution is -0.124. The summed E-state index contributed by atoms with van der Waals surface area (Å²) in [6.07, 6.45) is 1.87. The number of nitrogen functional groups attached to an aromatic ring is 1. The lowest BCUT2D eigenvalue weighted by Gasteiger charge is -2.13. The van der Waals surface area contributed by atoms with Crippen LogP contribution < -0.4 is 11.1 Å². The second-order valence-corrected chi connectivity index (χ2v) is 5.43. The van der Waals surface area contributed by atoms with Crippen LogP contribution in [0.15, 0.2) is 22.7 Å². The third-order valence-electron chi connectivity index (χ3n) is 2.67. The smallest absolute Gasteiger partial charge is 0.339 e. The fourth-order valence-electron chi connectivity index (χ4n) is 1.73. The van der Waals surface area contributed by atoms with Crippen LogP contribution in [0.1, 0.15) is 37.0 Å². The van der Waals surface area contributed by atoms with Crippen molar-refractivity contribution >= 4 is 33.5 Å². The Morgan fingerprint density at radius 1 is 1.45 bits per heavy atom. The zero-order valence-corrected chi connectivity index (χ0v) is 13.2. The largest absolute Gasteiger partial charge is 0.452 e. The van der Waals surface area contributed by atoms with E-state index in [4.69, 9.17) is 10.5 Å². The molecule has 110 valence electrons. The summed E-state index contributed by atoms with van der Waals surface area (Å²) in [7, 11) is 0. The van der Waals surface area contributed by atoms with Gasteiger partial charge in [-0.25, -0.2) is 4.79 Å². The van der Waals surface area contributed by atoms with E-state index in [-0.39, 0.29) is 18.6 Å². The maximum absolute atomic E-state index is 11.8. The average molecular weight is 343 g/mol. The number of carbonyl (C=O) groups excluding carboxylic acids is 2. The minimum atomic E-state index is -0.581. The summed E-state index contributed by atoms with van der Waals surface area (Å²) < 4.78 is 5.55. The van der Waals surface area contributed by atoms with Crippen LogP contribution in [0.25, 0.3) is 0 Å². The van der Waals surface area contributed by atoms with Gasteiger partial charge in [-0.1, -0.05) is 13.3 Å². The van der Waals surface area contributed by atoms with Gasteiger partial charge in [0.1, 0.15) is 0 Å². The van der Waals surface area contributed by atoms with E-state index >= 15 is 0 Å². The molecule has 0 bridgehead atoms. The molecule has 0 aromatic heterocycles. The van der Waals surface area contributed by atoms with Gasteiger partial charge in [0.25, 0.3) is 5.91 Å². The molecule has 6 heteroatoms. The van der Waals surface area contributed by atoms with Crippen molar-refractivity contribution in [3.8, 4) is 0 Å². The Labute approximate surface area is 127 Å². The van der Waals surface area contributed by atoms with Crippen LogP contribution in [0.2, 0.25) is 0 Å². The van der Waals surface area contributed by atoms with Crippen molar-refractivity contribution < 1.29 is 14.3 Å². The highest BCUT2D eigenvalue weighted by Crippen LogP contribution is 2.20. The Morgan fingerprint density at radius 2 is 2.15 bits per heavy atom. The van der Waals surface area contributed by atoms with E-state index < -0.39 is 5.97 Å². The average Bonchev–Trinajstić information content (AvgIpc) is 2.39. The Bertz CT molecular complexity index is 491. The predicted octanol–water partition coefficient (Wildman–Crippen LogP) is 2.49. The third-order valence-corrected chi connectivity index (χ3v) is 3.37. The minimum Gasteiger partial charge on any atom is -0.452 e. The Balaban J connectivity index is 2.51. The summed E-state index contributed by atoms with van der Waals surface area (Å²) >= 11 is 3.24. The molecule has 1 amide bonds. The first-order valence-electron chi connectivity index (χ1n) is 6.45. The molecule has 1 unspecified atom stereocenters. The Hall–Kier alpha value is -1.56. The molecule has 1 atom stereocenters. The van der Waals surface area contributed by atoms with Crippen LogP contribution in [-0.2, 0) is 9.53 Å². The summed E-state index contributed by atoms with van der Waals surface area (Å²) in [5.41, 5.74) is 6.38. The first kappa shape index (κ1) is 16.5. The van der Waals surface area contributed by atoms with Gasteiger partial charge in [0.15, 0.2) is 6.61 Å². The molecule has 1 rings (SSSR count). The molecular weight excluding hydrogens is 324 g/mol. The van der Waals surface area contributed by atoms with Gasteiger partial charge in [-0.15, -0.1) is 0 Å². The molecule has 0 aliphatic carbocycles. The quantitative estimate of drug-likeness (QED) is 0.614. The molecular formula is C14H19BrN2O3. The van der Waals surface area contributed by atoms with Crippen molar-refractivity contribution in [2.45, 2.75) is 32.7 Å². The van der Waals surface area contributed by atoms with Crippen molar-refractivity contribution in [3.05, 3.63) is 28.2 Å².